The highest BCUT2D eigenvalue weighted by atomic mass is 16.5. The summed E-state index contributed by atoms with van der Waals surface area (Å²) >= 11 is 0. The molecule has 0 radical (unpaired) electrons. The molecule has 0 atom stereocenters. The molecule has 0 spiro atoms. The van der Waals surface area contributed by atoms with E-state index >= 15 is 0 Å². The highest BCUT2D eigenvalue weighted by Crippen LogP contribution is 2.24. The van der Waals surface area contributed by atoms with Crippen molar-refractivity contribution in [3.05, 3.63) is 59.4 Å². The van der Waals surface area contributed by atoms with Crippen LogP contribution in [0, 0.1) is 0 Å². The van der Waals surface area contributed by atoms with Crippen molar-refractivity contribution in [2.45, 2.75) is 32.9 Å². The fourth-order valence-electron chi connectivity index (χ4n) is 3.46. The summed E-state index contributed by atoms with van der Waals surface area (Å²) in [6.45, 7) is 9.16. The van der Waals surface area contributed by atoms with Gasteiger partial charge in [0, 0.05) is 43.9 Å². The maximum absolute atomic E-state index is 12.4. The van der Waals surface area contributed by atoms with E-state index in [0.29, 0.717) is 18.8 Å². The molecular weight excluding hydrogens is 342 g/mol. The molecule has 2 heterocycles. The predicted molar refractivity (Wildman–Crippen MR) is 104 cm³/mol. The second-order valence-electron chi connectivity index (χ2n) is 6.59. The van der Waals surface area contributed by atoms with Gasteiger partial charge in [-0.2, -0.15) is 5.10 Å². The van der Waals surface area contributed by atoms with E-state index in [0.717, 1.165) is 49.5 Å². The van der Waals surface area contributed by atoms with Crippen LogP contribution in [-0.2, 0) is 30.7 Å². The Morgan fingerprint density at radius 3 is 2.78 bits per heavy atom. The highest BCUT2D eigenvalue weighted by molar-refractivity contribution is 5.89. The largest absolute Gasteiger partial charge is 0.497 e. The summed E-state index contributed by atoms with van der Waals surface area (Å²) in [6.07, 6.45) is 3.61. The molecule has 0 aliphatic carbocycles. The van der Waals surface area contributed by atoms with Gasteiger partial charge in [0.1, 0.15) is 5.75 Å². The lowest BCUT2D eigenvalue weighted by molar-refractivity contribution is 0.0516. The molecule has 0 bridgehead atoms. The Morgan fingerprint density at radius 1 is 1.33 bits per heavy atom. The minimum Gasteiger partial charge on any atom is -0.497 e. The molecule has 6 heteroatoms. The predicted octanol–water partition coefficient (Wildman–Crippen LogP) is 2.86. The van der Waals surface area contributed by atoms with Crippen LogP contribution in [0.5, 0.6) is 5.75 Å². The zero-order valence-corrected chi connectivity index (χ0v) is 16.1. The zero-order valence-electron chi connectivity index (χ0n) is 16.1. The topological polar surface area (TPSA) is 56.6 Å². The van der Waals surface area contributed by atoms with E-state index < -0.39 is 0 Å². The Morgan fingerprint density at radius 2 is 2.11 bits per heavy atom. The molecule has 1 aliphatic heterocycles. The highest BCUT2D eigenvalue weighted by Gasteiger charge is 2.28. The molecule has 1 aromatic carbocycles. The molecule has 0 N–H and O–H groups in total. The van der Waals surface area contributed by atoms with Gasteiger partial charge in [0.05, 0.1) is 13.7 Å². The van der Waals surface area contributed by atoms with Crippen molar-refractivity contribution in [3.8, 4) is 5.75 Å². The van der Waals surface area contributed by atoms with E-state index in [1.54, 1.807) is 7.11 Å². The van der Waals surface area contributed by atoms with Crippen LogP contribution in [0.25, 0.3) is 0 Å². The maximum Gasteiger partial charge on any atom is 0.359 e. The Labute approximate surface area is 160 Å². The van der Waals surface area contributed by atoms with Crippen molar-refractivity contribution in [1.29, 1.82) is 0 Å². The average Bonchev–Trinajstić information content (AvgIpc) is 3.05. The molecule has 6 nitrogen and oxygen atoms in total. The standard InChI is InChI=1S/C21H27N3O3/c1-4-12-23-13-11-19-18(15-23)20(21(25)27-5-2)22-24(19)14-10-16-6-8-17(26-3)9-7-16/h4,6-9H,1,5,10-15H2,2-3H3. The number of ether oxygens (including phenoxy) is 2. The van der Waals surface area contributed by atoms with E-state index in [9.17, 15) is 4.79 Å². The zero-order chi connectivity index (χ0) is 19.2. The number of rotatable bonds is 8. The molecule has 0 saturated heterocycles. The first kappa shape index (κ1) is 19.2. The van der Waals surface area contributed by atoms with Crippen LogP contribution < -0.4 is 4.74 Å². The quantitative estimate of drug-likeness (QED) is 0.529. The normalized spacial score (nSPS) is 13.9. The van der Waals surface area contributed by atoms with Gasteiger partial charge in [-0.15, -0.1) is 6.58 Å². The van der Waals surface area contributed by atoms with Gasteiger partial charge in [0.25, 0.3) is 0 Å². The van der Waals surface area contributed by atoms with E-state index in [1.807, 2.05) is 29.8 Å². The third kappa shape index (κ3) is 4.39. The van der Waals surface area contributed by atoms with Crippen LogP contribution in [0.1, 0.15) is 34.2 Å². The summed E-state index contributed by atoms with van der Waals surface area (Å²) in [4.78, 5) is 14.7. The summed E-state index contributed by atoms with van der Waals surface area (Å²) in [7, 11) is 1.66. The summed E-state index contributed by atoms with van der Waals surface area (Å²) in [5.41, 5.74) is 3.81. The van der Waals surface area contributed by atoms with Crippen LogP contribution in [0.4, 0.5) is 0 Å². The number of aromatic nitrogens is 2. The van der Waals surface area contributed by atoms with Crippen LogP contribution in [0.2, 0.25) is 0 Å². The number of carbonyl (C=O) groups is 1. The van der Waals surface area contributed by atoms with Gasteiger partial charge in [0.2, 0.25) is 0 Å². The van der Waals surface area contributed by atoms with Crippen molar-refractivity contribution >= 4 is 5.97 Å². The number of hydrogen-bond donors (Lipinski definition) is 0. The molecule has 0 amide bonds. The lowest BCUT2D eigenvalue weighted by Crippen LogP contribution is -2.32. The number of methoxy groups -OCH3 is 1. The minimum absolute atomic E-state index is 0.336. The molecule has 144 valence electrons. The summed E-state index contributed by atoms with van der Waals surface area (Å²) < 4.78 is 12.4. The molecular formula is C21H27N3O3. The first-order valence-electron chi connectivity index (χ1n) is 9.38. The monoisotopic (exact) mass is 369 g/mol. The molecule has 2 aromatic rings. The third-order valence-electron chi connectivity index (χ3n) is 4.84. The van der Waals surface area contributed by atoms with Gasteiger partial charge in [-0.25, -0.2) is 4.79 Å². The fraction of sp³-hybridized carbons (Fsp3) is 0.429. The van der Waals surface area contributed by atoms with Crippen molar-refractivity contribution in [2.75, 3.05) is 26.8 Å². The average molecular weight is 369 g/mol. The summed E-state index contributed by atoms with van der Waals surface area (Å²) in [5.74, 6) is 0.513. The van der Waals surface area contributed by atoms with Gasteiger partial charge in [-0.05, 0) is 31.0 Å². The SMILES string of the molecule is C=CCN1CCc2c(c(C(=O)OCC)nn2CCc2ccc(OC)cc2)C1. The van der Waals surface area contributed by atoms with Crippen LogP contribution in [-0.4, -0.2) is 47.5 Å². The smallest absolute Gasteiger partial charge is 0.359 e. The second kappa shape index (κ2) is 8.86. The van der Waals surface area contributed by atoms with Gasteiger partial charge in [-0.1, -0.05) is 18.2 Å². The van der Waals surface area contributed by atoms with Crippen molar-refractivity contribution < 1.29 is 14.3 Å². The number of hydrogen-bond acceptors (Lipinski definition) is 5. The van der Waals surface area contributed by atoms with Gasteiger partial charge in [0.15, 0.2) is 5.69 Å². The van der Waals surface area contributed by atoms with Gasteiger partial charge < -0.3 is 9.47 Å². The number of esters is 1. The number of aryl methyl sites for hydroxylation is 2. The lowest BCUT2D eigenvalue weighted by Gasteiger charge is -2.26. The number of benzene rings is 1. The Balaban J connectivity index is 1.81. The molecule has 1 aromatic heterocycles. The Bertz CT molecular complexity index is 796. The molecule has 1 aliphatic rings. The lowest BCUT2D eigenvalue weighted by atomic mass is 10.0. The van der Waals surface area contributed by atoms with Gasteiger partial charge >= 0.3 is 5.97 Å². The molecule has 27 heavy (non-hydrogen) atoms. The first-order chi connectivity index (χ1) is 13.2. The molecule has 0 unspecified atom stereocenters. The molecule has 3 rings (SSSR count). The van der Waals surface area contributed by atoms with Crippen molar-refractivity contribution in [3.63, 3.8) is 0 Å². The second-order valence-corrected chi connectivity index (χ2v) is 6.59. The Kier molecular flexibility index (Phi) is 6.29. The van der Waals surface area contributed by atoms with E-state index in [-0.39, 0.29) is 5.97 Å². The Hall–Kier alpha value is -2.60. The van der Waals surface area contributed by atoms with E-state index in [1.165, 1.54) is 5.56 Å². The molecule has 0 saturated carbocycles. The first-order valence-corrected chi connectivity index (χ1v) is 9.38. The number of carbonyl (C=O) groups excluding carboxylic acids is 1. The summed E-state index contributed by atoms with van der Waals surface area (Å²) in [6, 6.07) is 8.05. The van der Waals surface area contributed by atoms with Crippen LogP contribution >= 0.6 is 0 Å². The number of fused-ring (bicyclic) bond motifs is 1. The van der Waals surface area contributed by atoms with Gasteiger partial charge in [-0.3, -0.25) is 9.58 Å². The third-order valence-corrected chi connectivity index (χ3v) is 4.84. The van der Waals surface area contributed by atoms with Crippen molar-refractivity contribution in [1.82, 2.24) is 14.7 Å². The maximum atomic E-state index is 12.4. The minimum atomic E-state index is -0.336. The van der Waals surface area contributed by atoms with E-state index in [2.05, 4.69) is 28.7 Å². The molecule has 0 fully saturated rings. The number of nitrogens with zero attached hydrogens (tertiary/aromatic N) is 3. The van der Waals surface area contributed by atoms with Crippen molar-refractivity contribution in [2.24, 2.45) is 0 Å². The van der Waals surface area contributed by atoms with E-state index in [4.69, 9.17) is 9.47 Å². The van der Waals surface area contributed by atoms with Crippen LogP contribution in [0.15, 0.2) is 36.9 Å². The van der Waals surface area contributed by atoms with Crippen LogP contribution in [0.3, 0.4) is 0 Å². The fourth-order valence-corrected chi connectivity index (χ4v) is 3.46. The summed E-state index contributed by atoms with van der Waals surface area (Å²) in [5, 5.41) is 4.62.